The molecule has 1 aromatic carbocycles. The number of anilines is 3. The average molecular weight is 379 g/mol. The molecule has 0 aliphatic heterocycles. The monoisotopic (exact) mass is 379 g/mol. The normalized spacial score (nSPS) is 10.4. The van der Waals surface area contributed by atoms with Crippen LogP contribution in [0.15, 0.2) is 42.7 Å². The predicted octanol–water partition coefficient (Wildman–Crippen LogP) is 1.83. The molecule has 2 heterocycles. The minimum absolute atomic E-state index is 0.330. The van der Waals surface area contributed by atoms with Crippen LogP contribution in [0, 0.1) is 6.92 Å². The number of hydrogen-bond donors (Lipinski definition) is 2. The first-order valence-electron chi connectivity index (χ1n) is 8.57. The van der Waals surface area contributed by atoms with Gasteiger partial charge in [-0.15, -0.1) is 0 Å². The SMILES string of the molecule is Cc1ccccc1-c1cc(NC(=O)C(=O)Nc2cnc(N(C)C)nc2)n(C)n1. The van der Waals surface area contributed by atoms with Crippen LogP contribution < -0.4 is 15.5 Å². The van der Waals surface area contributed by atoms with Gasteiger partial charge in [0.25, 0.3) is 0 Å². The lowest BCUT2D eigenvalue weighted by Gasteiger charge is -2.10. The number of carbonyl (C=O) groups excluding carboxylic acids is 2. The number of aromatic nitrogens is 4. The molecule has 0 aliphatic rings. The summed E-state index contributed by atoms with van der Waals surface area (Å²) in [6.45, 7) is 1.99. The Morgan fingerprint density at radius 3 is 2.32 bits per heavy atom. The molecule has 0 fully saturated rings. The number of rotatable bonds is 4. The molecule has 3 aromatic rings. The fraction of sp³-hybridized carbons (Fsp3) is 0.211. The summed E-state index contributed by atoms with van der Waals surface area (Å²) in [5.74, 6) is -0.713. The lowest BCUT2D eigenvalue weighted by atomic mass is 10.1. The largest absolute Gasteiger partial charge is 0.347 e. The van der Waals surface area contributed by atoms with E-state index in [2.05, 4.69) is 25.7 Å². The zero-order chi connectivity index (χ0) is 20.3. The van der Waals surface area contributed by atoms with Crippen molar-refractivity contribution in [1.82, 2.24) is 19.7 Å². The molecule has 0 bridgehead atoms. The fourth-order valence-electron chi connectivity index (χ4n) is 2.55. The van der Waals surface area contributed by atoms with Crippen LogP contribution in [0.4, 0.5) is 17.5 Å². The van der Waals surface area contributed by atoms with Crippen LogP contribution in [0.3, 0.4) is 0 Å². The van der Waals surface area contributed by atoms with Crippen LogP contribution in [0.5, 0.6) is 0 Å². The molecule has 0 unspecified atom stereocenters. The summed E-state index contributed by atoms with van der Waals surface area (Å²) in [5.41, 5.74) is 3.07. The van der Waals surface area contributed by atoms with E-state index in [-0.39, 0.29) is 0 Å². The third kappa shape index (κ3) is 4.14. The average Bonchev–Trinajstić information content (AvgIpc) is 3.02. The maximum atomic E-state index is 12.2. The molecule has 0 saturated carbocycles. The highest BCUT2D eigenvalue weighted by atomic mass is 16.2. The van der Waals surface area contributed by atoms with E-state index in [1.165, 1.54) is 17.1 Å². The van der Waals surface area contributed by atoms with Crippen LogP contribution in [-0.2, 0) is 16.6 Å². The van der Waals surface area contributed by atoms with Crippen molar-refractivity contribution in [3.8, 4) is 11.3 Å². The smallest absolute Gasteiger partial charge is 0.315 e. The highest BCUT2D eigenvalue weighted by Crippen LogP contribution is 2.24. The molecule has 2 aromatic heterocycles. The summed E-state index contributed by atoms with van der Waals surface area (Å²) >= 11 is 0. The summed E-state index contributed by atoms with van der Waals surface area (Å²) in [6, 6.07) is 9.53. The first kappa shape index (κ1) is 19.0. The van der Waals surface area contributed by atoms with Gasteiger partial charge >= 0.3 is 11.8 Å². The maximum absolute atomic E-state index is 12.2. The number of amides is 2. The van der Waals surface area contributed by atoms with Gasteiger partial charge in [0.2, 0.25) is 5.95 Å². The Bertz CT molecular complexity index is 1010. The summed E-state index contributed by atoms with van der Waals surface area (Å²) in [5, 5.41) is 9.45. The Hall–Kier alpha value is -3.75. The van der Waals surface area contributed by atoms with Crippen molar-refractivity contribution in [3.05, 3.63) is 48.3 Å². The van der Waals surface area contributed by atoms with Gasteiger partial charge in [-0.05, 0) is 12.5 Å². The summed E-state index contributed by atoms with van der Waals surface area (Å²) < 4.78 is 1.52. The topological polar surface area (TPSA) is 105 Å². The Morgan fingerprint density at radius 2 is 1.68 bits per heavy atom. The summed E-state index contributed by atoms with van der Waals surface area (Å²) in [6.07, 6.45) is 2.88. The minimum atomic E-state index is -0.820. The molecule has 144 valence electrons. The standard InChI is InChI=1S/C19H21N7O2/c1-12-7-5-6-8-14(12)15-9-16(26(4)24-15)23-18(28)17(27)22-13-10-20-19(21-11-13)25(2)3/h5-11H,1-4H3,(H,22,27)(H,23,28). The van der Waals surface area contributed by atoms with E-state index in [4.69, 9.17) is 0 Å². The lowest BCUT2D eigenvalue weighted by molar-refractivity contribution is -0.133. The molecule has 9 nitrogen and oxygen atoms in total. The Labute approximate surface area is 162 Å². The first-order valence-corrected chi connectivity index (χ1v) is 8.57. The van der Waals surface area contributed by atoms with Gasteiger partial charge in [0.05, 0.1) is 23.8 Å². The molecule has 3 rings (SSSR count). The fourth-order valence-corrected chi connectivity index (χ4v) is 2.55. The lowest BCUT2D eigenvalue weighted by Crippen LogP contribution is -2.30. The molecular weight excluding hydrogens is 358 g/mol. The molecule has 0 aliphatic carbocycles. The number of nitrogens with zero attached hydrogens (tertiary/aromatic N) is 5. The van der Waals surface area contributed by atoms with E-state index in [1.54, 1.807) is 32.1 Å². The molecule has 0 saturated heterocycles. The van der Waals surface area contributed by atoms with Crippen LogP contribution in [0.25, 0.3) is 11.3 Å². The molecule has 0 spiro atoms. The minimum Gasteiger partial charge on any atom is -0.347 e. The number of hydrogen-bond acceptors (Lipinski definition) is 6. The Kier molecular flexibility index (Phi) is 5.35. The van der Waals surface area contributed by atoms with Gasteiger partial charge in [0.1, 0.15) is 5.82 Å². The molecule has 2 N–H and O–H groups in total. The maximum Gasteiger partial charge on any atom is 0.315 e. The molecular formula is C19H21N7O2. The highest BCUT2D eigenvalue weighted by Gasteiger charge is 2.18. The zero-order valence-electron chi connectivity index (χ0n) is 16.1. The van der Waals surface area contributed by atoms with Crippen molar-refractivity contribution in [2.45, 2.75) is 6.92 Å². The van der Waals surface area contributed by atoms with Gasteiger partial charge in [-0.3, -0.25) is 14.3 Å². The second-order valence-corrected chi connectivity index (χ2v) is 6.43. The summed E-state index contributed by atoms with van der Waals surface area (Å²) in [4.78, 5) is 34.3. The van der Waals surface area contributed by atoms with E-state index in [1.807, 2.05) is 31.2 Å². The molecule has 9 heteroatoms. The van der Waals surface area contributed by atoms with Gasteiger partial charge in [-0.1, -0.05) is 24.3 Å². The summed E-state index contributed by atoms with van der Waals surface area (Å²) in [7, 11) is 5.31. The van der Waals surface area contributed by atoms with Crippen molar-refractivity contribution < 1.29 is 9.59 Å². The zero-order valence-corrected chi connectivity index (χ0v) is 16.1. The van der Waals surface area contributed by atoms with Crippen LogP contribution >= 0.6 is 0 Å². The van der Waals surface area contributed by atoms with Crippen molar-refractivity contribution in [3.63, 3.8) is 0 Å². The van der Waals surface area contributed by atoms with Gasteiger partial charge in [-0.2, -0.15) is 5.10 Å². The molecule has 2 amide bonds. The second kappa shape index (κ2) is 7.87. The van der Waals surface area contributed by atoms with Crippen LogP contribution in [-0.4, -0.2) is 45.7 Å². The van der Waals surface area contributed by atoms with E-state index >= 15 is 0 Å². The van der Waals surface area contributed by atoms with Gasteiger partial charge in [-0.25, -0.2) is 9.97 Å². The highest BCUT2D eigenvalue weighted by molar-refractivity contribution is 6.43. The van der Waals surface area contributed by atoms with E-state index < -0.39 is 11.8 Å². The van der Waals surface area contributed by atoms with Crippen LogP contribution in [0.1, 0.15) is 5.56 Å². The van der Waals surface area contributed by atoms with E-state index in [0.717, 1.165) is 11.1 Å². The number of carbonyl (C=O) groups is 2. The van der Waals surface area contributed by atoms with Crippen LogP contribution in [0.2, 0.25) is 0 Å². The number of aryl methyl sites for hydroxylation is 2. The second-order valence-electron chi connectivity index (χ2n) is 6.43. The third-order valence-electron chi connectivity index (χ3n) is 4.04. The van der Waals surface area contributed by atoms with Gasteiger partial charge < -0.3 is 15.5 Å². The van der Waals surface area contributed by atoms with Gasteiger partial charge in [0.15, 0.2) is 0 Å². The molecule has 0 atom stereocenters. The van der Waals surface area contributed by atoms with Crippen molar-refractivity contribution >= 4 is 29.3 Å². The van der Waals surface area contributed by atoms with Gasteiger partial charge in [0, 0.05) is 32.8 Å². The van der Waals surface area contributed by atoms with Crippen molar-refractivity contribution in [2.24, 2.45) is 7.05 Å². The van der Waals surface area contributed by atoms with E-state index in [9.17, 15) is 9.59 Å². The van der Waals surface area contributed by atoms with Crippen molar-refractivity contribution in [1.29, 1.82) is 0 Å². The molecule has 0 radical (unpaired) electrons. The Balaban J connectivity index is 1.69. The Morgan fingerprint density at radius 1 is 1.04 bits per heavy atom. The first-order chi connectivity index (χ1) is 13.3. The number of benzene rings is 1. The van der Waals surface area contributed by atoms with Crippen molar-refractivity contribution in [2.75, 3.05) is 29.6 Å². The predicted molar refractivity (Wildman–Crippen MR) is 107 cm³/mol. The van der Waals surface area contributed by atoms with E-state index in [0.29, 0.717) is 23.1 Å². The quantitative estimate of drug-likeness (QED) is 0.670. The third-order valence-corrected chi connectivity index (χ3v) is 4.04. The number of nitrogens with one attached hydrogen (secondary N) is 2. The molecule has 28 heavy (non-hydrogen) atoms.